The van der Waals surface area contributed by atoms with Crippen molar-refractivity contribution in [1.82, 2.24) is 5.06 Å². The molecule has 134 valence electrons. The first-order valence-corrected chi connectivity index (χ1v) is 9.08. The van der Waals surface area contributed by atoms with Gasteiger partial charge in [-0.05, 0) is 31.0 Å². The van der Waals surface area contributed by atoms with Crippen LogP contribution >= 0.6 is 34.8 Å². The maximum atomic E-state index is 12.9. The van der Waals surface area contributed by atoms with Crippen LogP contribution in [0.3, 0.4) is 0 Å². The second-order valence-electron chi connectivity index (χ2n) is 6.21. The molecule has 0 radical (unpaired) electrons. The summed E-state index contributed by atoms with van der Waals surface area (Å²) in [5.74, 6) is -0.307. The van der Waals surface area contributed by atoms with Crippen LogP contribution in [0.5, 0.6) is 0 Å². The van der Waals surface area contributed by atoms with E-state index in [1.54, 1.807) is 19.9 Å². The number of rotatable bonds is 7. The standard InChI is InChI=1S/C19H20Cl3NO2/c1-19(2,17(21)22)18(24)23(12-15-10-6-7-11-16(15)20)25-13-14-8-4-3-5-9-14/h3-11,17H,12-13H2,1-2H3. The van der Waals surface area contributed by atoms with Gasteiger partial charge in [-0.15, -0.1) is 23.2 Å². The summed E-state index contributed by atoms with van der Waals surface area (Å²) in [6.45, 7) is 3.83. The molecule has 0 N–H and O–H groups in total. The smallest absolute Gasteiger partial charge is 0.254 e. The molecule has 2 rings (SSSR count). The third-order valence-electron chi connectivity index (χ3n) is 3.82. The summed E-state index contributed by atoms with van der Waals surface area (Å²) >= 11 is 18.2. The summed E-state index contributed by atoms with van der Waals surface area (Å²) in [6.07, 6.45) is 0. The fraction of sp³-hybridized carbons (Fsp3) is 0.316. The van der Waals surface area contributed by atoms with Gasteiger partial charge in [-0.25, -0.2) is 5.06 Å². The molecule has 0 atom stereocenters. The summed E-state index contributed by atoms with van der Waals surface area (Å²) in [6, 6.07) is 16.9. The zero-order chi connectivity index (χ0) is 18.4. The van der Waals surface area contributed by atoms with Gasteiger partial charge in [0.25, 0.3) is 5.91 Å². The monoisotopic (exact) mass is 399 g/mol. The molecular formula is C19H20Cl3NO2. The van der Waals surface area contributed by atoms with Crippen molar-refractivity contribution in [3.63, 3.8) is 0 Å². The summed E-state index contributed by atoms with van der Waals surface area (Å²) in [5.41, 5.74) is 0.730. The average Bonchev–Trinajstić information content (AvgIpc) is 2.60. The van der Waals surface area contributed by atoms with Gasteiger partial charge in [0.15, 0.2) is 0 Å². The number of amides is 1. The maximum absolute atomic E-state index is 12.9. The third-order valence-corrected chi connectivity index (χ3v) is 5.28. The zero-order valence-electron chi connectivity index (χ0n) is 14.1. The molecule has 0 bridgehead atoms. The molecule has 3 nitrogen and oxygen atoms in total. The van der Waals surface area contributed by atoms with Crippen molar-refractivity contribution in [2.24, 2.45) is 5.41 Å². The van der Waals surface area contributed by atoms with Crippen LogP contribution in [0.2, 0.25) is 5.02 Å². The lowest BCUT2D eigenvalue weighted by Crippen LogP contribution is -2.43. The number of alkyl halides is 2. The van der Waals surface area contributed by atoms with E-state index < -0.39 is 10.3 Å². The highest BCUT2D eigenvalue weighted by Crippen LogP contribution is 2.32. The van der Waals surface area contributed by atoms with E-state index in [-0.39, 0.29) is 19.1 Å². The number of nitrogens with zero attached hydrogens (tertiary/aromatic N) is 1. The number of carbonyl (C=O) groups is 1. The van der Waals surface area contributed by atoms with Gasteiger partial charge in [0.05, 0.1) is 12.0 Å². The molecule has 0 fully saturated rings. The van der Waals surface area contributed by atoms with Crippen molar-refractivity contribution < 1.29 is 9.63 Å². The van der Waals surface area contributed by atoms with Crippen molar-refractivity contribution in [3.05, 3.63) is 70.7 Å². The van der Waals surface area contributed by atoms with E-state index in [1.165, 1.54) is 5.06 Å². The van der Waals surface area contributed by atoms with E-state index in [0.717, 1.165) is 11.1 Å². The van der Waals surface area contributed by atoms with E-state index >= 15 is 0 Å². The van der Waals surface area contributed by atoms with Crippen LogP contribution in [0.15, 0.2) is 54.6 Å². The maximum Gasteiger partial charge on any atom is 0.254 e. The Balaban J connectivity index is 2.21. The molecule has 0 aliphatic rings. The van der Waals surface area contributed by atoms with Gasteiger partial charge < -0.3 is 0 Å². The van der Waals surface area contributed by atoms with E-state index in [4.69, 9.17) is 39.6 Å². The molecule has 6 heteroatoms. The Morgan fingerprint density at radius 1 is 1.08 bits per heavy atom. The number of hydrogen-bond donors (Lipinski definition) is 0. The Morgan fingerprint density at radius 2 is 1.68 bits per heavy atom. The second kappa shape index (κ2) is 8.91. The lowest BCUT2D eigenvalue weighted by atomic mass is 9.94. The van der Waals surface area contributed by atoms with Gasteiger partial charge >= 0.3 is 0 Å². The van der Waals surface area contributed by atoms with Crippen molar-refractivity contribution >= 4 is 40.7 Å². The van der Waals surface area contributed by atoms with Gasteiger partial charge in [-0.2, -0.15) is 0 Å². The minimum atomic E-state index is -0.999. The molecule has 2 aromatic rings. The quantitative estimate of drug-likeness (QED) is 0.445. The molecule has 0 aromatic heterocycles. The predicted molar refractivity (Wildman–Crippen MR) is 103 cm³/mol. The Bertz CT molecular complexity index is 705. The number of halogens is 3. The van der Waals surface area contributed by atoms with Gasteiger partial charge in [0.2, 0.25) is 0 Å². The van der Waals surface area contributed by atoms with Gasteiger partial charge in [-0.1, -0.05) is 60.1 Å². The highest BCUT2D eigenvalue weighted by Gasteiger charge is 2.38. The molecule has 0 saturated carbocycles. The Labute approximate surface area is 163 Å². The van der Waals surface area contributed by atoms with Crippen LogP contribution in [0.25, 0.3) is 0 Å². The average molecular weight is 401 g/mol. The van der Waals surface area contributed by atoms with Crippen LogP contribution in [0.4, 0.5) is 0 Å². The number of benzene rings is 2. The Kier molecular flexibility index (Phi) is 7.14. The second-order valence-corrected chi connectivity index (χ2v) is 7.72. The SMILES string of the molecule is CC(C)(C(=O)N(Cc1ccccc1Cl)OCc1ccccc1)C(Cl)Cl. The van der Waals surface area contributed by atoms with Gasteiger partial charge in [0, 0.05) is 5.02 Å². The van der Waals surface area contributed by atoms with Crippen LogP contribution in [0, 0.1) is 5.41 Å². The molecule has 2 aromatic carbocycles. The Morgan fingerprint density at radius 3 is 2.28 bits per heavy atom. The largest absolute Gasteiger partial charge is 0.272 e. The van der Waals surface area contributed by atoms with Crippen LogP contribution < -0.4 is 0 Å². The molecule has 0 aliphatic heterocycles. The van der Waals surface area contributed by atoms with Crippen molar-refractivity contribution in [2.45, 2.75) is 31.8 Å². The number of carbonyl (C=O) groups excluding carboxylic acids is 1. The topological polar surface area (TPSA) is 29.5 Å². The first-order chi connectivity index (χ1) is 11.8. The fourth-order valence-corrected chi connectivity index (χ4v) is 2.48. The lowest BCUT2D eigenvalue weighted by molar-refractivity contribution is -0.204. The molecule has 25 heavy (non-hydrogen) atoms. The predicted octanol–water partition coefficient (Wildman–Crippen LogP) is 5.63. The summed E-state index contributed by atoms with van der Waals surface area (Å²) in [5, 5.41) is 1.85. The normalized spacial score (nSPS) is 11.6. The van der Waals surface area contributed by atoms with Crippen molar-refractivity contribution in [3.8, 4) is 0 Å². The highest BCUT2D eigenvalue weighted by molar-refractivity contribution is 6.45. The van der Waals surface area contributed by atoms with Crippen LogP contribution in [0.1, 0.15) is 25.0 Å². The van der Waals surface area contributed by atoms with E-state index in [2.05, 4.69) is 0 Å². The van der Waals surface area contributed by atoms with Crippen molar-refractivity contribution in [2.75, 3.05) is 0 Å². The molecule has 0 aliphatic carbocycles. The van der Waals surface area contributed by atoms with E-state index in [0.29, 0.717) is 5.02 Å². The first kappa shape index (κ1) is 20.1. The summed E-state index contributed by atoms with van der Waals surface area (Å²) in [7, 11) is 0. The van der Waals surface area contributed by atoms with Gasteiger partial charge in [-0.3, -0.25) is 9.63 Å². The van der Waals surface area contributed by atoms with Crippen molar-refractivity contribution in [1.29, 1.82) is 0 Å². The summed E-state index contributed by atoms with van der Waals surface area (Å²) in [4.78, 5) is 17.9. The summed E-state index contributed by atoms with van der Waals surface area (Å²) < 4.78 is 0. The lowest BCUT2D eigenvalue weighted by Gasteiger charge is -2.32. The number of hydroxylamine groups is 2. The van der Waals surface area contributed by atoms with Crippen LogP contribution in [-0.4, -0.2) is 15.8 Å². The molecule has 0 unspecified atom stereocenters. The van der Waals surface area contributed by atoms with E-state index in [9.17, 15) is 4.79 Å². The molecule has 0 spiro atoms. The highest BCUT2D eigenvalue weighted by atomic mass is 35.5. The molecule has 0 heterocycles. The van der Waals surface area contributed by atoms with Gasteiger partial charge in [0.1, 0.15) is 11.4 Å². The first-order valence-electron chi connectivity index (χ1n) is 7.82. The molecule has 1 amide bonds. The Hall–Kier alpha value is -1.26. The minimum Gasteiger partial charge on any atom is -0.272 e. The fourth-order valence-electron chi connectivity index (χ4n) is 2.10. The molecule has 0 saturated heterocycles. The molecular weight excluding hydrogens is 381 g/mol. The van der Waals surface area contributed by atoms with Crippen LogP contribution in [-0.2, 0) is 22.8 Å². The minimum absolute atomic E-state index is 0.204. The number of hydrogen-bond acceptors (Lipinski definition) is 2. The van der Waals surface area contributed by atoms with E-state index in [1.807, 2.05) is 48.5 Å². The third kappa shape index (κ3) is 5.35. The zero-order valence-corrected chi connectivity index (χ0v) is 16.4.